The molecule has 0 aromatic heterocycles. The van der Waals surface area contributed by atoms with Gasteiger partial charge in [-0.15, -0.1) is 0 Å². The van der Waals surface area contributed by atoms with Gasteiger partial charge in [0.1, 0.15) is 5.70 Å². The molecule has 1 rings (SSSR count). The molecule has 1 unspecified atom stereocenters. The Bertz CT molecular complexity index is 512. The SMILES string of the molecule is CN(C)C(=N)NCCCCCC=C(NC(=O)C1CC1(C)C)C(=O)O. The molecular formula is C17H30N4O3. The zero-order valence-electron chi connectivity index (χ0n) is 15.1. The fourth-order valence-electron chi connectivity index (χ4n) is 2.38. The summed E-state index contributed by atoms with van der Waals surface area (Å²) in [6.07, 6.45) is 5.70. The molecule has 24 heavy (non-hydrogen) atoms. The average molecular weight is 338 g/mol. The number of carbonyl (C=O) groups excluding carboxylic acids is 1. The van der Waals surface area contributed by atoms with Gasteiger partial charge in [-0.2, -0.15) is 0 Å². The number of aliphatic carboxylic acids is 1. The number of carboxylic acids is 1. The number of rotatable bonds is 9. The molecule has 7 heteroatoms. The number of carbonyl (C=O) groups is 2. The van der Waals surface area contributed by atoms with Crippen LogP contribution in [0.25, 0.3) is 0 Å². The molecule has 0 spiro atoms. The molecule has 1 amide bonds. The van der Waals surface area contributed by atoms with Crippen LogP contribution in [0.2, 0.25) is 0 Å². The molecule has 0 aromatic carbocycles. The molecule has 1 aliphatic rings. The number of hydrogen-bond donors (Lipinski definition) is 4. The Hall–Kier alpha value is -2.05. The summed E-state index contributed by atoms with van der Waals surface area (Å²) in [4.78, 5) is 24.9. The zero-order chi connectivity index (χ0) is 18.3. The van der Waals surface area contributed by atoms with Crippen molar-refractivity contribution < 1.29 is 14.7 Å². The van der Waals surface area contributed by atoms with Crippen LogP contribution in [0.1, 0.15) is 46.0 Å². The van der Waals surface area contributed by atoms with E-state index >= 15 is 0 Å². The first kappa shape index (κ1) is 20.0. The second kappa shape index (κ2) is 8.70. The van der Waals surface area contributed by atoms with Crippen molar-refractivity contribution in [3.05, 3.63) is 11.8 Å². The molecule has 1 fully saturated rings. The van der Waals surface area contributed by atoms with Gasteiger partial charge in [0.05, 0.1) is 0 Å². The summed E-state index contributed by atoms with van der Waals surface area (Å²) < 4.78 is 0. The molecule has 0 aromatic rings. The van der Waals surface area contributed by atoms with Crippen molar-refractivity contribution >= 4 is 17.8 Å². The topological polar surface area (TPSA) is 106 Å². The lowest BCUT2D eigenvalue weighted by Gasteiger charge is -2.14. The van der Waals surface area contributed by atoms with Crippen LogP contribution in [0, 0.1) is 16.7 Å². The van der Waals surface area contributed by atoms with Crippen molar-refractivity contribution in [1.82, 2.24) is 15.5 Å². The van der Waals surface area contributed by atoms with Crippen LogP contribution in [0.4, 0.5) is 0 Å². The maximum absolute atomic E-state index is 12.0. The highest BCUT2D eigenvalue weighted by Crippen LogP contribution is 2.51. The first-order chi connectivity index (χ1) is 11.1. The van der Waals surface area contributed by atoms with E-state index in [0.717, 1.165) is 32.2 Å². The minimum Gasteiger partial charge on any atom is -0.477 e. The first-order valence-corrected chi connectivity index (χ1v) is 8.39. The first-order valence-electron chi connectivity index (χ1n) is 8.39. The second-order valence-electron chi connectivity index (χ2n) is 7.18. The number of allylic oxidation sites excluding steroid dienone is 1. The van der Waals surface area contributed by atoms with Crippen LogP contribution in [0.15, 0.2) is 11.8 Å². The molecule has 0 aliphatic heterocycles. The van der Waals surface area contributed by atoms with E-state index in [1.807, 2.05) is 27.9 Å². The molecule has 0 radical (unpaired) electrons. The van der Waals surface area contributed by atoms with Gasteiger partial charge < -0.3 is 20.6 Å². The third kappa shape index (κ3) is 6.60. The summed E-state index contributed by atoms with van der Waals surface area (Å²) in [6.45, 7) is 4.73. The molecule has 1 saturated carbocycles. The predicted octanol–water partition coefficient (Wildman–Crippen LogP) is 1.76. The van der Waals surface area contributed by atoms with E-state index in [1.54, 1.807) is 11.0 Å². The van der Waals surface area contributed by atoms with E-state index in [1.165, 1.54) is 0 Å². The standard InChI is InChI=1S/C17H30N4O3/c1-17(2)11-12(17)14(22)20-13(15(23)24)9-7-5-6-8-10-19-16(18)21(3)4/h9,12H,5-8,10-11H2,1-4H3,(H2,18,19)(H,20,22)(H,23,24). The van der Waals surface area contributed by atoms with Gasteiger partial charge in [-0.25, -0.2) is 4.79 Å². The lowest BCUT2D eigenvalue weighted by molar-refractivity contribution is -0.135. The van der Waals surface area contributed by atoms with Crippen LogP contribution < -0.4 is 10.6 Å². The van der Waals surface area contributed by atoms with E-state index in [4.69, 9.17) is 5.41 Å². The van der Waals surface area contributed by atoms with Gasteiger partial charge in [0, 0.05) is 26.6 Å². The molecule has 4 N–H and O–H groups in total. The minimum absolute atomic E-state index is 0.0129. The van der Waals surface area contributed by atoms with E-state index in [2.05, 4.69) is 10.6 Å². The van der Waals surface area contributed by atoms with Crippen molar-refractivity contribution in [3.63, 3.8) is 0 Å². The highest BCUT2D eigenvalue weighted by Gasteiger charge is 2.50. The monoisotopic (exact) mass is 338 g/mol. The van der Waals surface area contributed by atoms with Gasteiger partial charge in [0.15, 0.2) is 5.96 Å². The normalized spacial score (nSPS) is 18.7. The molecule has 0 heterocycles. The van der Waals surface area contributed by atoms with Crippen molar-refractivity contribution in [3.8, 4) is 0 Å². The Balaban J connectivity index is 2.25. The fourth-order valence-corrected chi connectivity index (χ4v) is 2.38. The van der Waals surface area contributed by atoms with Gasteiger partial charge in [0.2, 0.25) is 5.91 Å². The molecular weight excluding hydrogens is 308 g/mol. The number of amides is 1. The number of carboxylic acid groups (broad SMARTS) is 1. The molecule has 1 aliphatic carbocycles. The third-order valence-corrected chi connectivity index (χ3v) is 4.29. The Morgan fingerprint density at radius 1 is 1.29 bits per heavy atom. The van der Waals surface area contributed by atoms with Gasteiger partial charge in [-0.05, 0) is 31.1 Å². The number of unbranched alkanes of at least 4 members (excludes halogenated alkanes) is 3. The van der Waals surface area contributed by atoms with Crippen LogP contribution >= 0.6 is 0 Å². The summed E-state index contributed by atoms with van der Waals surface area (Å²) in [5.41, 5.74) is -0.0312. The van der Waals surface area contributed by atoms with E-state index in [9.17, 15) is 14.7 Å². The summed E-state index contributed by atoms with van der Waals surface area (Å²) in [7, 11) is 3.62. The van der Waals surface area contributed by atoms with Crippen LogP contribution in [0.3, 0.4) is 0 Å². The molecule has 7 nitrogen and oxygen atoms in total. The Labute approximate surface area is 144 Å². The fraction of sp³-hybridized carbons (Fsp3) is 0.706. The summed E-state index contributed by atoms with van der Waals surface area (Å²) in [6, 6.07) is 0. The van der Waals surface area contributed by atoms with Crippen LogP contribution in [-0.4, -0.2) is 48.5 Å². The number of nitrogens with zero attached hydrogens (tertiary/aromatic N) is 1. The Kier molecular flexibility index (Phi) is 7.25. The van der Waals surface area contributed by atoms with Crippen LogP contribution in [0.5, 0.6) is 0 Å². The molecule has 136 valence electrons. The lowest BCUT2D eigenvalue weighted by Crippen LogP contribution is -2.35. The maximum atomic E-state index is 12.0. The van der Waals surface area contributed by atoms with Gasteiger partial charge in [-0.1, -0.05) is 26.3 Å². The Morgan fingerprint density at radius 3 is 2.42 bits per heavy atom. The maximum Gasteiger partial charge on any atom is 0.352 e. The molecule has 0 saturated heterocycles. The van der Waals surface area contributed by atoms with Crippen molar-refractivity contribution in [2.75, 3.05) is 20.6 Å². The average Bonchev–Trinajstić information content (AvgIpc) is 3.13. The molecule has 1 atom stereocenters. The summed E-state index contributed by atoms with van der Waals surface area (Å²) in [5.74, 6) is -0.991. The highest BCUT2D eigenvalue weighted by atomic mass is 16.4. The summed E-state index contributed by atoms with van der Waals surface area (Å²) >= 11 is 0. The number of hydrogen-bond acceptors (Lipinski definition) is 3. The van der Waals surface area contributed by atoms with Crippen molar-refractivity contribution in [1.29, 1.82) is 5.41 Å². The third-order valence-electron chi connectivity index (χ3n) is 4.29. The van der Waals surface area contributed by atoms with Gasteiger partial charge >= 0.3 is 5.97 Å². The lowest BCUT2D eigenvalue weighted by atomic mass is 10.1. The Morgan fingerprint density at radius 2 is 1.92 bits per heavy atom. The van der Waals surface area contributed by atoms with E-state index in [-0.39, 0.29) is 22.9 Å². The largest absolute Gasteiger partial charge is 0.477 e. The van der Waals surface area contributed by atoms with E-state index in [0.29, 0.717) is 12.4 Å². The molecule has 0 bridgehead atoms. The second-order valence-corrected chi connectivity index (χ2v) is 7.18. The zero-order valence-corrected chi connectivity index (χ0v) is 15.1. The van der Waals surface area contributed by atoms with Crippen molar-refractivity contribution in [2.45, 2.75) is 46.0 Å². The van der Waals surface area contributed by atoms with Crippen molar-refractivity contribution in [2.24, 2.45) is 11.3 Å². The van der Waals surface area contributed by atoms with Gasteiger partial charge in [-0.3, -0.25) is 10.2 Å². The summed E-state index contributed by atoms with van der Waals surface area (Å²) in [5, 5.41) is 22.3. The predicted molar refractivity (Wildman–Crippen MR) is 93.6 cm³/mol. The van der Waals surface area contributed by atoms with E-state index < -0.39 is 5.97 Å². The smallest absolute Gasteiger partial charge is 0.352 e. The minimum atomic E-state index is -1.09. The number of guanidine groups is 1. The number of nitrogens with one attached hydrogen (secondary N) is 3. The van der Waals surface area contributed by atoms with Gasteiger partial charge in [0.25, 0.3) is 0 Å². The highest BCUT2D eigenvalue weighted by molar-refractivity contribution is 5.94. The van der Waals surface area contributed by atoms with Crippen LogP contribution in [-0.2, 0) is 9.59 Å². The quantitative estimate of drug-likeness (QED) is 0.222.